The Labute approximate surface area is 173 Å². The number of hydrazone groups is 1. The zero-order valence-electron chi connectivity index (χ0n) is 15.6. The number of benzene rings is 2. The molecular weight excluding hydrogens is 406 g/mol. The van der Waals surface area contributed by atoms with Gasteiger partial charge in [-0.25, -0.2) is 10.2 Å². The average molecular weight is 419 g/mol. The third-order valence-corrected chi connectivity index (χ3v) is 4.31. The molecule has 2 heterocycles. The number of nitro benzene ring substituents is 1. The maximum absolute atomic E-state index is 12.2. The highest BCUT2D eigenvalue weighted by Gasteiger charge is 2.15. The van der Waals surface area contributed by atoms with Gasteiger partial charge in [0.1, 0.15) is 17.1 Å². The van der Waals surface area contributed by atoms with E-state index in [9.17, 15) is 19.7 Å². The lowest BCUT2D eigenvalue weighted by molar-refractivity contribution is -0.384. The van der Waals surface area contributed by atoms with Gasteiger partial charge >= 0.3 is 11.9 Å². The van der Waals surface area contributed by atoms with Gasteiger partial charge in [0.2, 0.25) is 0 Å². The Kier molecular flexibility index (Phi) is 5.02. The average Bonchev–Trinajstić information content (AvgIpc) is 3.40. The van der Waals surface area contributed by atoms with Crippen LogP contribution < -0.4 is 5.43 Å². The summed E-state index contributed by atoms with van der Waals surface area (Å²) in [5.41, 5.74) is 3.22. The molecule has 2 aromatic heterocycles. The van der Waals surface area contributed by atoms with Crippen molar-refractivity contribution in [1.82, 2.24) is 5.43 Å². The van der Waals surface area contributed by atoms with Crippen molar-refractivity contribution in [3.05, 3.63) is 87.9 Å². The van der Waals surface area contributed by atoms with Crippen molar-refractivity contribution in [3.63, 3.8) is 0 Å². The van der Waals surface area contributed by atoms with E-state index in [0.29, 0.717) is 28.1 Å². The van der Waals surface area contributed by atoms with Gasteiger partial charge in [-0.15, -0.1) is 0 Å². The lowest BCUT2D eigenvalue weighted by Crippen LogP contribution is -2.16. The van der Waals surface area contributed by atoms with Crippen LogP contribution in [0.3, 0.4) is 0 Å². The minimum absolute atomic E-state index is 0.0572. The van der Waals surface area contributed by atoms with Crippen LogP contribution in [0.2, 0.25) is 0 Å². The van der Waals surface area contributed by atoms with Crippen molar-refractivity contribution in [3.8, 4) is 11.3 Å². The summed E-state index contributed by atoms with van der Waals surface area (Å²) in [4.78, 5) is 33.6. The van der Waals surface area contributed by atoms with E-state index >= 15 is 0 Å². The smallest absolute Gasteiger partial charge is 0.335 e. The zero-order valence-corrected chi connectivity index (χ0v) is 15.6. The fraction of sp³-hybridized carbons (Fsp3) is 0. The van der Waals surface area contributed by atoms with E-state index in [-0.39, 0.29) is 17.0 Å². The number of fused-ring (bicyclic) bond motifs is 1. The lowest BCUT2D eigenvalue weighted by Gasteiger charge is -1.99. The van der Waals surface area contributed by atoms with Gasteiger partial charge in [0.25, 0.3) is 5.69 Å². The molecule has 0 bridgehead atoms. The second-order valence-corrected chi connectivity index (χ2v) is 6.38. The summed E-state index contributed by atoms with van der Waals surface area (Å²) in [5, 5.41) is 24.1. The SMILES string of the molecule is O=C(O)c1cccc(-c2ccc(/C=N/NC(=O)c3cc4cc([N+](=O)[O-])ccc4o3)o2)c1. The number of carbonyl (C=O) groups is 2. The Morgan fingerprint density at radius 2 is 1.90 bits per heavy atom. The fourth-order valence-corrected chi connectivity index (χ4v) is 2.85. The Morgan fingerprint density at radius 3 is 2.68 bits per heavy atom. The predicted molar refractivity (Wildman–Crippen MR) is 109 cm³/mol. The topological polar surface area (TPSA) is 148 Å². The molecular formula is C21H13N3O7. The van der Waals surface area contributed by atoms with Gasteiger partial charge in [0.05, 0.1) is 16.7 Å². The minimum Gasteiger partial charge on any atom is -0.478 e. The summed E-state index contributed by atoms with van der Waals surface area (Å²) < 4.78 is 11.0. The molecule has 4 rings (SSSR count). The molecule has 0 saturated heterocycles. The summed E-state index contributed by atoms with van der Waals surface area (Å²) in [6, 6.07) is 14.9. The fourth-order valence-electron chi connectivity index (χ4n) is 2.85. The first-order valence-electron chi connectivity index (χ1n) is 8.86. The molecule has 0 atom stereocenters. The lowest BCUT2D eigenvalue weighted by atomic mass is 10.1. The van der Waals surface area contributed by atoms with E-state index in [1.165, 1.54) is 42.6 Å². The van der Waals surface area contributed by atoms with Gasteiger partial charge in [-0.05, 0) is 36.4 Å². The molecule has 1 amide bonds. The van der Waals surface area contributed by atoms with Crippen molar-refractivity contribution in [2.24, 2.45) is 5.10 Å². The van der Waals surface area contributed by atoms with Crippen molar-refractivity contribution < 1.29 is 28.5 Å². The number of amides is 1. The highest BCUT2D eigenvalue weighted by atomic mass is 16.6. The third-order valence-electron chi connectivity index (χ3n) is 4.31. The molecule has 0 unspecified atom stereocenters. The van der Waals surface area contributed by atoms with Gasteiger partial charge in [-0.3, -0.25) is 14.9 Å². The number of nitrogens with one attached hydrogen (secondary N) is 1. The quantitative estimate of drug-likeness (QED) is 0.272. The molecule has 0 aliphatic carbocycles. The molecule has 2 N–H and O–H groups in total. The largest absolute Gasteiger partial charge is 0.478 e. The second kappa shape index (κ2) is 7.95. The van der Waals surface area contributed by atoms with Crippen LogP contribution >= 0.6 is 0 Å². The normalized spacial score (nSPS) is 11.1. The van der Waals surface area contributed by atoms with Crippen LogP contribution in [-0.2, 0) is 0 Å². The number of non-ortho nitro benzene ring substituents is 1. The Balaban J connectivity index is 1.45. The predicted octanol–water partition coefficient (Wildman–Crippen LogP) is 4.06. The van der Waals surface area contributed by atoms with Crippen LogP contribution in [0.1, 0.15) is 26.7 Å². The first-order valence-corrected chi connectivity index (χ1v) is 8.86. The summed E-state index contributed by atoms with van der Waals surface area (Å²) >= 11 is 0. The highest BCUT2D eigenvalue weighted by Crippen LogP contribution is 2.24. The van der Waals surface area contributed by atoms with E-state index in [1.54, 1.807) is 24.3 Å². The first kappa shape index (κ1) is 19.6. The number of hydrogen-bond donors (Lipinski definition) is 2. The van der Waals surface area contributed by atoms with Crippen LogP contribution in [0.4, 0.5) is 5.69 Å². The molecule has 0 radical (unpaired) electrons. The number of carbonyl (C=O) groups excluding carboxylic acids is 1. The van der Waals surface area contributed by atoms with Gasteiger partial charge in [0.15, 0.2) is 5.76 Å². The maximum Gasteiger partial charge on any atom is 0.335 e. The Morgan fingerprint density at radius 1 is 1.06 bits per heavy atom. The number of furan rings is 2. The molecule has 0 fully saturated rings. The molecule has 2 aromatic carbocycles. The van der Waals surface area contributed by atoms with Crippen LogP contribution in [0, 0.1) is 10.1 Å². The van der Waals surface area contributed by atoms with Crippen molar-refractivity contribution in [1.29, 1.82) is 0 Å². The first-order chi connectivity index (χ1) is 14.9. The van der Waals surface area contributed by atoms with Gasteiger partial charge in [-0.2, -0.15) is 5.10 Å². The van der Waals surface area contributed by atoms with E-state index in [2.05, 4.69) is 10.5 Å². The van der Waals surface area contributed by atoms with E-state index in [4.69, 9.17) is 13.9 Å². The van der Waals surface area contributed by atoms with E-state index in [0.717, 1.165) is 0 Å². The third kappa shape index (κ3) is 4.17. The summed E-state index contributed by atoms with van der Waals surface area (Å²) in [6.07, 6.45) is 1.27. The van der Waals surface area contributed by atoms with Crippen molar-refractivity contribution >= 4 is 34.7 Å². The van der Waals surface area contributed by atoms with E-state index < -0.39 is 16.8 Å². The minimum atomic E-state index is -1.04. The van der Waals surface area contributed by atoms with Crippen LogP contribution in [0.15, 0.2) is 74.6 Å². The van der Waals surface area contributed by atoms with Gasteiger partial charge in [0, 0.05) is 23.1 Å². The molecule has 10 nitrogen and oxygen atoms in total. The number of hydrogen-bond acceptors (Lipinski definition) is 7. The van der Waals surface area contributed by atoms with Gasteiger partial charge in [-0.1, -0.05) is 12.1 Å². The number of rotatable bonds is 6. The molecule has 0 aliphatic heterocycles. The molecule has 10 heteroatoms. The standard InChI is InChI=1S/C21H13N3O7/c25-20(19-10-14-9-15(24(28)29)4-6-18(14)31-19)23-22-11-16-5-7-17(30-16)12-2-1-3-13(8-12)21(26)27/h1-11H,(H,23,25)(H,26,27)/b22-11+. The molecule has 0 spiro atoms. The molecule has 4 aromatic rings. The summed E-state index contributed by atoms with van der Waals surface area (Å²) in [6.45, 7) is 0. The highest BCUT2D eigenvalue weighted by molar-refractivity contribution is 5.97. The van der Waals surface area contributed by atoms with E-state index in [1.807, 2.05) is 0 Å². The monoisotopic (exact) mass is 419 g/mol. The van der Waals surface area contributed by atoms with Crippen molar-refractivity contribution in [2.45, 2.75) is 0 Å². The summed E-state index contributed by atoms with van der Waals surface area (Å²) in [7, 11) is 0. The zero-order chi connectivity index (χ0) is 22.0. The maximum atomic E-state index is 12.2. The molecule has 0 aliphatic rings. The second-order valence-electron chi connectivity index (χ2n) is 6.38. The van der Waals surface area contributed by atoms with Crippen molar-refractivity contribution in [2.75, 3.05) is 0 Å². The number of nitrogens with zero attached hydrogens (tertiary/aromatic N) is 2. The Bertz CT molecular complexity index is 1350. The molecule has 154 valence electrons. The molecule has 0 saturated carbocycles. The Hall–Kier alpha value is -4.73. The number of carboxylic acids is 1. The number of carboxylic acid groups (broad SMARTS) is 1. The van der Waals surface area contributed by atoms with Gasteiger partial charge < -0.3 is 13.9 Å². The van der Waals surface area contributed by atoms with Crippen LogP contribution in [-0.4, -0.2) is 28.1 Å². The molecule has 31 heavy (non-hydrogen) atoms. The number of aromatic carboxylic acids is 1. The van der Waals surface area contributed by atoms with Crippen LogP contribution in [0.5, 0.6) is 0 Å². The van der Waals surface area contributed by atoms with Crippen LogP contribution in [0.25, 0.3) is 22.3 Å². The number of nitro groups is 1. The summed E-state index contributed by atoms with van der Waals surface area (Å²) in [5.74, 6) is -0.974.